The number of nitrogens with one attached hydrogen (secondary N) is 1. The third-order valence-corrected chi connectivity index (χ3v) is 8.29. The molecule has 0 saturated heterocycles. The highest BCUT2D eigenvalue weighted by molar-refractivity contribution is 7.84. The first-order valence-corrected chi connectivity index (χ1v) is 14.2. The number of hydrogen-bond donors (Lipinski definition) is 2. The standard InChI is InChI=1S/C23H27N2O3PS2/c1-3-31(27)14-12-28-29(2)16-17-6-8-18(9-7-17)23(26)25-21-15-19(10-11-20(21)24)22-5-4-13-30-22/h4-11,13,15H,3,12,14,16,24H2,1-2H3,(H,25,26). The van der Waals surface area contributed by atoms with Gasteiger partial charge < -0.3 is 15.6 Å². The van der Waals surface area contributed by atoms with E-state index in [2.05, 4.69) is 12.0 Å². The molecule has 8 heteroatoms. The van der Waals surface area contributed by atoms with E-state index in [0.717, 1.165) is 22.2 Å². The Balaban J connectivity index is 1.58. The van der Waals surface area contributed by atoms with Crippen molar-refractivity contribution in [1.82, 2.24) is 0 Å². The monoisotopic (exact) mass is 474 g/mol. The van der Waals surface area contributed by atoms with Crippen molar-refractivity contribution in [1.29, 1.82) is 0 Å². The molecular formula is C23H27N2O3PS2. The Bertz CT molecular complexity index is 1020. The molecule has 0 aliphatic rings. The van der Waals surface area contributed by atoms with Gasteiger partial charge in [-0.1, -0.05) is 31.2 Å². The first-order valence-electron chi connectivity index (χ1n) is 9.99. The van der Waals surface area contributed by atoms with Crippen LogP contribution in [0.15, 0.2) is 60.0 Å². The average molecular weight is 475 g/mol. The molecule has 3 rings (SSSR count). The van der Waals surface area contributed by atoms with Gasteiger partial charge in [-0.3, -0.25) is 9.00 Å². The number of benzene rings is 2. The number of rotatable bonds is 10. The highest BCUT2D eigenvalue weighted by Gasteiger charge is 2.11. The van der Waals surface area contributed by atoms with Crippen LogP contribution in [-0.2, 0) is 21.5 Å². The second-order valence-electron chi connectivity index (χ2n) is 6.98. The minimum atomic E-state index is -0.795. The largest absolute Gasteiger partial charge is 0.397 e. The van der Waals surface area contributed by atoms with Crippen molar-refractivity contribution in [3.63, 3.8) is 0 Å². The number of thiophene rings is 1. The molecule has 2 unspecified atom stereocenters. The van der Waals surface area contributed by atoms with E-state index in [9.17, 15) is 9.00 Å². The zero-order valence-electron chi connectivity index (χ0n) is 17.7. The van der Waals surface area contributed by atoms with Crippen molar-refractivity contribution in [2.45, 2.75) is 13.1 Å². The first-order chi connectivity index (χ1) is 15.0. The Hall–Kier alpha value is -2.05. The summed E-state index contributed by atoms with van der Waals surface area (Å²) in [4.78, 5) is 13.8. The summed E-state index contributed by atoms with van der Waals surface area (Å²) in [6, 6.07) is 17.2. The van der Waals surface area contributed by atoms with Crippen LogP contribution >= 0.6 is 19.5 Å². The maximum Gasteiger partial charge on any atom is 0.255 e. The fourth-order valence-corrected chi connectivity index (χ4v) is 5.57. The van der Waals surface area contributed by atoms with E-state index in [1.165, 1.54) is 0 Å². The lowest BCUT2D eigenvalue weighted by atomic mass is 10.1. The minimum Gasteiger partial charge on any atom is -0.397 e. The second kappa shape index (κ2) is 11.5. The van der Waals surface area contributed by atoms with Crippen molar-refractivity contribution in [3.8, 4) is 10.4 Å². The van der Waals surface area contributed by atoms with Gasteiger partial charge in [-0.05, 0) is 53.5 Å². The molecule has 1 amide bonds. The average Bonchev–Trinajstić information content (AvgIpc) is 3.30. The highest BCUT2D eigenvalue weighted by Crippen LogP contribution is 2.36. The van der Waals surface area contributed by atoms with Gasteiger partial charge in [0.1, 0.15) is 0 Å². The zero-order valence-corrected chi connectivity index (χ0v) is 20.2. The Labute approximate surface area is 191 Å². The topological polar surface area (TPSA) is 81.4 Å². The van der Waals surface area contributed by atoms with E-state index in [4.69, 9.17) is 10.3 Å². The molecule has 3 aromatic rings. The maximum absolute atomic E-state index is 12.7. The van der Waals surface area contributed by atoms with Crippen LogP contribution in [-0.4, -0.2) is 34.9 Å². The Morgan fingerprint density at radius 1 is 1.19 bits per heavy atom. The molecule has 164 valence electrons. The maximum atomic E-state index is 12.7. The van der Waals surface area contributed by atoms with Crippen LogP contribution in [0.4, 0.5) is 11.4 Å². The van der Waals surface area contributed by atoms with Crippen molar-refractivity contribution in [2.75, 3.05) is 35.8 Å². The number of amides is 1. The smallest absolute Gasteiger partial charge is 0.255 e. The molecule has 2 atom stereocenters. The van der Waals surface area contributed by atoms with Gasteiger partial charge in [-0.2, -0.15) is 0 Å². The molecule has 0 saturated carbocycles. The van der Waals surface area contributed by atoms with Crippen LogP contribution in [0.2, 0.25) is 0 Å². The lowest BCUT2D eigenvalue weighted by Gasteiger charge is -2.13. The molecule has 3 N–H and O–H groups in total. The minimum absolute atomic E-state index is 0.196. The number of nitrogens with two attached hydrogens (primary N) is 1. The van der Waals surface area contributed by atoms with Crippen LogP contribution in [0.5, 0.6) is 0 Å². The van der Waals surface area contributed by atoms with Gasteiger partial charge in [0, 0.05) is 47.1 Å². The molecule has 0 aliphatic carbocycles. The molecular weight excluding hydrogens is 447 g/mol. The van der Waals surface area contributed by atoms with E-state index in [1.807, 2.05) is 66.9 Å². The fraction of sp³-hybridized carbons (Fsp3) is 0.261. The molecule has 1 aromatic heterocycles. The Morgan fingerprint density at radius 2 is 1.97 bits per heavy atom. The molecule has 2 aromatic carbocycles. The lowest BCUT2D eigenvalue weighted by molar-refractivity contribution is 0.102. The fourth-order valence-electron chi connectivity index (χ4n) is 2.95. The second-order valence-corrected chi connectivity index (χ2v) is 11.6. The van der Waals surface area contributed by atoms with E-state index in [0.29, 0.717) is 35.1 Å². The predicted octanol–water partition coefficient (Wildman–Crippen LogP) is 5.56. The van der Waals surface area contributed by atoms with Gasteiger partial charge in [0.2, 0.25) is 0 Å². The number of hydrogen-bond acceptors (Lipinski definition) is 5. The van der Waals surface area contributed by atoms with Gasteiger partial charge >= 0.3 is 0 Å². The molecule has 0 fully saturated rings. The van der Waals surface area contributed by atoms with Crippen LogP contribution in [0.25, 0.3) is 10.4 Å². The van der Waals surface area contributed by atoms with E-state index >= 15 is 0 Å². The molecule has 0 bridgehead atoms. The van der Waals surface area contributed by atoms with Crippen molar-refractivity contribution in [3.05, 3.63) is 71.1 Å². The number of carbonyl (C=O) groups excluding carboxylic acids is 1. The number of nitrogen functional groups attached to an aromatic ring is 1. The van der Waals surface area contributed by atoms with Crippen LogP contribution < -0.4 is 11.1 Å². The van der Waals surface area contributed by atoms with Gasteiger partial charge in [-0.25, -0.2) is 0 Å². The summed E-state index contributed by atoms with van der Waals surface area (Å²) in [6.45, 7) is 4.50. The van der Waals surface area contributed by atoms with Gasteiger partial charge in [0.05, 0.1) is 18.0 Å². The van der Waals surface area contributed by atoms with Crippen molar-refractivity contribution in [2.24, 2.45) is 0 Å². The normalized spacial score (nSPS) is 13.0. The first kappa shape index (κ1) is 23.6. The Kier molecular flexibility index (Phi) is 8.79. The third kappa shape index (κ3) is 6.97. The van der Waals surface area contributed by atoms with Crippen LogP contribution in [0, 0.1) is 0 Å². The SMILES string of the molecule is CCS(=O)CCOP(C)Cc1ccc(C(=O)Nc2cc(-c3cccs3)ccc2N)cc1. The molecule has 1 heterocycles. The Morgan fingerprint density at radius 3 is 2.65 bits per heavy atom. The lowest BCUT2D eigenvalue weighted by Crippen LogP contribution is -2.13. The van der Waals surface area contributed by atoms with Crippen molar-refractivity contribution >= 4 is 47.6 Å². The summed E-state index contributed by atoms with van der Waals surface area (Å²) < 4.78 is 17.3. The predicted molar refractivity (Wildman–Crippen MR) is 135 cm³/mol. The summed E-state index contributed by atoms with van der Waals surface area (Å²) in [5.41, 5.74) is 9.92. The molecule has 0 spiro atoms. The quantitative estimate of drug-likeness (QED) is 0.298. The molecule has 31 heavy (non-hydrogen) atoms. The van der Waals surface area contributed by atoms with Gasteiger partial charge in [0.25, 0.3) is 5.91 Å². The summed E-state index contributed by atoms with van der Waals surface area (Å²) in [7, 11) is -1.43. The summed E-state index contributed by atoms with van der Waals surface area (Å²) >= 11 is 1.64. The zero-order chi connectivity index (χ0) is 22.2. The molecule has 5 nitrogen and oxygen atoms in total. The highest BCUT2D eigenvalue weighted by atomic mass is 32.2. The number of carbonyl (C=O) groups is 1. The van der Waals surface area contributed by atoms with E-state index in [1.54, 1.807) is 11.3 Å². The van der Waals surface area contributed by atoms with E-state index in [-0.39, 0.29) is 5.91 Å². The third-order valence-electron chi connectivity index (χ3n) is 4.67. The van der Waals surface area contributed by atoms with Crippen molar-refractivity contribution < 1.29 is 13.5 Å². The van der Waals surface area contributed by atoms with Gasteiger partial charge in [0.15, 0.2) is 0 Å². The van der Waals surface area contributed by atoms with E-state index < -0.39 is 18.9 Å². The van der Waals surface area contributed by atoms with Crippen LogP contribution in [0.1, 0.15) is 22.8 Å². The molecule has 0 radical (unpaired) electrons. The van der Waals surface area contributed by atoms with Crippen LogP contribution in [0.3, 0.4) is 0 Å². The van der Waals surface area contributed by atoms with Gasteiger partial charge in [-0.15, -0.1) is 11.3 Å². The number of anilines is 2. The summed E-state index contributed by atoms with van der Waals surface area (Å²) in [5, 5.41) is 4.94. The molecule has 0 aliphatic heterocycles. The summed E-state index contributed by atoms with van der Waals surface area (Å²) in [6.07, 6.45) is 0.797. The summed E-state index contributed by atoms with van der Waals surface area (Å²) in [5.74, 6) is 1.05.